The predicted molar refractivity (Wildman–Crippen MR) is 96.4 cm³/mol. The smallest absolute Gasteiger partial charge is 0.315 e. The SMILES string of the molecule is CCOC(=O)CC(=O)N(Cc1nn(C)cc1Cl)Cc1c(C)nn(C)c1C. The van der Waals surface area contributed by atoms with Gasteiger partial charge in [0.05, 0.1) is 23.9 Å². The van der Waals surface area contributed by atoms with E-state index in [-0.39, 0.29) is 25.5 Å². The third-order valence-electron chi connectivity index (χ3n) is 4.16. The van der Waals surface area contributed by atoms with Crippen LogP contribution in [0.5, 0.6) is 0 Å². The molecule has 2 aromatic rings. The first kappa shape index (κ1) is 20.0. The van der Waals surface area contributed by atoms with Crippen molar-refractivity contribution in [2.45, 2.75) is 40.3 Å². The van der Waals surface area contributed by atoms with Crippen molar-refractivity contribution >= 4 is 23.5 Å². The van der Waals surface area contributed by atoms with Crippen molar-refractivity contribution in [2.75, 3.05) is 6.61 Å². The van der Waals surface area contributed by atoms with E-state index in [1.54, 1.807) is 34.4 Å². The van der Waals surface area contributed by atoms with Gasteiger partial charge in [0.25, 0.3) is 0 Å². The van der Waals surface area contributed by atoms with Gasteiger partial charge < -0.3 is 9.64 Å². The van der Waals surface area contributed by atoms with E-state index < -0.39 is 5.97 Å². The molecular weight excluding hydrogens is 358 g/mol. The number of halogens is 1. The number of carbonyl (C=O) groups is 2. The van der Waals surface area contributed by atoms with Crippen LogP contribution in [0, 0.1) is 13.8 Å². The van der Waals surface area contributed by atoms with Gasteiger partial charge in [-0.15, -0.1) is 0 Å². The standard InChI is InChI=1S/C17H24ClN5O3/c1-6-26-17(25)7-16(24)23(10-15-14(18)9-21(4)20-15)8-13-11(2)19-22(5)12(13)3/h9H,6-8,10H2,1-5H3. The highest BCUT2D eigenvalue weighted by Gasteiger charge is 2.23. The van der Waals surface area contributed by atoms with Crippen LogP contribution in [0.25, 0.3) is 0 Å². The third kappa shape index (κ3) is 4.63. The molecule has 9 heteroatoms. The fourth-order valence-electron chi connectivity index (χ4n) is 2.71. The average Bonchev–Trinajstić information content (AvgIpc) is 2.99. The average molecular weight is 382 g/mol. The normalized spacial score (nSPS) is 10.8. The van der Waals surface area contributed by atoms with Crippen LogP contribution in [-0.4, -0.2) is 42.9 Å². The second kappa shape index (κ2) is 8.35. The summed E-state index contributed by atoms with van der Waals surface area (Å²) in [6.45, 7) is 6.29. The number of rotatable bonds is 7. The van der Waals surface area contributed by atoms with E-state index in [1.807, 2.05) is 20.9 Å². The molecule has 0 aliphatic carbocycles. The Hall–Kier alpha value is -2.35. The Kier molecular flexibility index (Phi) is 6.42. The maximum Gasteiger partial charge on any atom is 0.315 e. The van der Waals surface area contributed by atoms with Crippen molar-refractivity contribution in [3.63, 3.8) is 0 Å². The summed E-state index contributed by atoms with van der Waals surface area (Å²) >= 11 is 6.19. The first-order valence-electron chi connectivity index (χ1n) is 8.33. The van der Waals surface area contributed by atoms with Crippen LogP contribution < -0.4 is 0 Å². The maximum absolute atomic E-state index is 12.7. The lowest BCUT2D eigenvalue weighted by Gasteiger charge is -2.22. The van der Waals surface area contributed by atoms with Crippen molar-refractivity contribution in [1.82, 2.24) is 24.5 Å². The number of ether oxygens (including phenoxy) is 1. The Balaban J connectivity index is 2.27. The molecular formula is C17H24ClN5O3. The number of aryl methyl sites for hydroxylation is 3. The monoisotopic (exact) mass is 381 g/mol. The Morgan fingerprint density at radius 3 is 2.42 bits per heavy atom. The molecule has 26 heavy (non-hydrogen) atoms. The van der Waals surface area contributed by atoms with Gasteiger partial charge in [0.1, 0.15) is 12.1 Å². The largest absolute Gasteiger partial charge is 0.466 e. The zero-order valence-electron chi connectivity index (χ0n) is 15.7. The summed E-state index contributed by atoms with van der Waals surface area (Å²) in [6, 6.07) is 0. The van der Waals surface area contributed by atoms with E-state index in [0.717, 1.165) is 17.0 Å². The second-order valence-corrected chi connectivity index (χ2v) is 6.51. The van der Waals surface area contributed by atoms with Gasteiger partial charge in [0.2, 0.25) is 5.91 Å². The fourth-order valence-corrected chi connectivity index (χ4v) is 2.95. The van der Waals surface area contributed by atoms with E-state index in [9.17, 15) is 9.59 Å². The van der Waals surface area contributed by atoms with Gasteiger partial charge in [0.15, 0.2) is 0 Å². The molecule has 0 fully saturated rings. The number of esters is 1. The minimum absolute atomic E-state index is 0.200. The van der Waals surface area contributed by atoms with Gasteiger partial charge >= 0.3 is 5.97 Å². The summed E-state index contributed by atoms with van der Waals surface area (Å²) in [7, 11) is 3.61. The summed E-state index contributed by atoms with van der Waals surface area (Å²) in [4.78, 5) is 26.0. The molecule has 0 aliphatic rings. The molecule has 0 saturated heterocycles. The first-order chi connectivity index (χ1) is 12.2. The summed E-state index contributed by atoms with van der Waals surface area (Å²) in [6.07, 6.45) is 1.35. The van der Waals surface area contributed by atoms with E-state index in [4.69, 9.17) is 16.3 Å². The lowest BCUT2D eigenvalue weighted by Crippen LogP contribution is -2.32. The molecule has 0 radical (unpaired) electrons. The number of hydrogen-bond donors (Lipinski definition) is 0. The zero-order valence-corrected chi connectivity index (χ0v) is 16.5. The molecule has 142 valence electrons. The second-order valence-electron chi connectivity index (χ2n) is 6.10. The lowest BCUT2D eigenvalue weighted by atomic mass is 10.1. The van der Waals surface area contributed by atoms with E-state index in [1.165, 1.54) is 0 Å². The molecule has 0 aromatic carbocycles. The first-order valence-corrected chi connectivity index (χ1v) is 8.71. The van der Waals surface area contributed by atoms with Crippen molar-refractivity contribution < 1.29 is 14.3 Å². The summed E-state index contributed by atoms with van der Waals surface area (Å²) in [5.41, 5.74) is 3.32. The number of aromatic nitrogens is 4. The van der Waals surface area contributed by atoms with Crippen LogP contribution in [0.4, 0.5) is 0 Å². The summed E-state index contributed by atoms with van der Waals surface area (Å²) in [5, 5.41) is 9.15. The van der Waals surface area contributed by atoms with E-state index in [0.29, 0.717) is 17.3 Å². The Bertz CT molecular complexity index is 812. The lowest BCUT2D eigenvalue weighted by molar-refractivity contribution is -0.149. The predicted octanol–water partition coefficient (Wildman–Crippen LogP) is 1.91. The minimum Gasteiger partial charge on any atom is -0.466 e. The van der Waals surface area contributed by atoms with Crippen LogP contribution in [-0.2, 0) is 41.5 Å². The van der Waals surface area contributed by atoms with Crippen molar-refractivity contribution in [3.8, 4) is 0 Å². The van der Waals surface area contributed by atoms with Crippen molar-refractivity contribution in [3.05, 3.63) is 33.9 Å². The van der Waals surface area contributed by atoms with Crippen LogP contribution in [0.3, 0.4) is 0 Å². The number of carbonyl (C=O) groups excluding carboxylic acids is 2. The number of hydrogen-bond acceptors (Lipinski definition) is 5. The van der Waals surface area contributed by atoms with Gasteiger partial charge in [-0.3, -0.25) is 19.0 Å². The van der Waals surface area contributed by atoms with Gasteiger partial charge in [0, 0.05) is 38.1 Å². The molecule has 0 atom stereocenters. The molecule has 0 spiro atoms. The number of nitrogens with zero attached hydrogens (tertiary/aromatic N) is 5. The van der Waals surface area contributed by atoms with Crippen LogP contribution in [0.1, 0.15) is 36.0 Å². The quantitative estimate of drug-likeness (QED) is 0.540. The molecule has 0 unspecified atom stereocenters. The topological polar surface area (TPSA) is 82.2 Å². The molecule has 0 N–H and O–H groups in total. The Morgan fingerprint density at radius 1 is 1.23 bits per heavy atom. The minimum atomic E-state index is -0.547. The van der Waals surface area contributed by atoms with Gasteiger partial charge in [-0.25, -0.2) is 0 Å². The van der Waals surface area contributed by atoms with Crippen molar-refractivity contribution in [1.29, 1.82) is 0 Å². The van der Waals surface area contributed by atoms with Crippen LogP contribution >= 0.6 is 11.6 Å². The molecule has 2 aromatic heterocycles. The highest BCUT2D eigenvalue weighted by atomic mass is 35.5. The number of amides is 1. The summed E-state index contributed by atoms with van der Waals surface area (Å²) < 4.78 is 8.25. The molecule has 1 amide bonds. The molecule has 0 saturated carbocycles. The maximum atomic E-state index is 12.7. The highest BCUT2D eigenvalue weighted by Crippen LogP contribution is 2.20. The van der Waals surface area contributed by atoms with Gasteiger partial charge in [-0.1, -0.05) is 11.6 Å². The van der Waals surface area contributed by atoms with E-state index >= 15 is 0 Å². The molecule has 2 heterocycles. The molecule has 0 aliphatic heterocycles. The molecule has 8 nitrogen and oxygen atoms in total. The fraction of sp³-hybridized carbons (Fsp3) is 0.529. The highest BCUT2D eigenvalue weighted by molar-refractivity contribution is 6.31. The Morgan fingerprint density at radius 2 is 1.92 bits per heavy atom. The molecule has 2 rings (SSSR count). The van der Waals surface area contributed by atoms with Crippen molar-refractivity contribution in [2.24, 2.45) is 14.1 Å². The molecule has 0 bridgehead atoms. The van der Waals surface area contributed by atoms with E-state index in [2.05, 4.69) is 10.2 Å². The van der Waals surface area contributed by atoms with Crippen LogP contribution in [0.15, 0.2) is 6.20 Å². The third-order valence-corrected chi connectivity index (χ3v) is 4.47. The summed E-state index contributed by atoms with van der Waals surface area (Å²) in [5.74, 6) is -0.887. The Labute approximate surface area is 157 Å². The van der Waals surface area contributed by atoms with Crippen LogP contribution in [0.2, 0.25) is 5.02 Å². The zero-order chi connectivity index (χ0) is 19.4. The van der Waals surface area contributed by atoms with Gasteiger partial charge in [-0.2, -0.15) is 10.2 Å². The van der Waals surface area contributed by atoms with Gasteiger partial charge in [-0.05, 0) is 20.8 Å².